The third-order valence-corrected chi connectivity index (χ3v) is 4.74. The second kappa shape index (κ2) is 11.2. The van der Waals surface area contributed by atoms with Crippen LogP contribution in [0.3, 0.4) is 0 Å². The Balaban J connectivity index is 1.40. The van der Waals surface area contributed by atoms with Gasteiger partial charge in [0.15, 0.2) is 6.61 Å². The Morgan fingerprint density at radius 2 is 1.81 bits per heavy atom. The molecule has 0 atom stereocenters. The average molecular weight is 439 g/mol. The van der Waals surface area contributed by atoms with Crippen LogP contribution in [-0.4, -0.2) is 43.1 Å². The zero-order valence-corrected chi connectivity index (χ0v) is 18.4. The van der Waals surface area contributed by atoms with E-state index in [2.05, 4.69) is 21.3 Å². The van der Waals surface area contributed by atoms with Crippen LogP contribution in [0, 0.1) is 0 Å². The van der Waals surface area contributed by atoms with Gasteiger partial charge in [-0.25, -0.2) is 4.79 Å². The first-order valence-electron chi connectivity index (χ1n) is 10.9. The van der Waals surface area contributed by atoms with Gasteiger partial charge in [0.05, 0.1) is 0 Å². The van der Waals surface area contributed by atoms with Gasteiger partial charge in [-0.15, -0.1) is 0 Å². The number of benzene rings is 2. The molecule has 0 bridgehead atoms. The molecule has 1 fully saturated rings. The predicted octanol–water partition coefficient (Wildman–Crippen LogP) is 2.85. The highest BCUT2D eigenvalue weighted by Crippen LogP contribution is 2.18. The van der Waals surface area contributed by atoms with Gasteiger partial charge >= 0.3 is 6.03 Å². The summed E-state index contributed by atoms with van der Waals surface area (Å²) >= 11 is 0. The average Bonchev–Trinajstić information content (AvgIpc) is 3.56. The lowest BCUT2D eigenvalue weighted by atomic mass is 10.1. The van der Waals surface area contributed by atoms with Crippen LogP contribution >= 0.6 is 0 Å². The van der Waals surface area contributed by atoms with E-state index in [1.165, 1.54) is 0 Å². The van der Waals surface area contributed by atoms with Crippen molar-refractivity contribution in [2.75, 3.05) is 18.5 Å². The molecule has 4 N–H and O–H groups in total. The molecule has 4 amide bonds. The van der Waals surface area contributed by atoms with E-state index in [1.807, 2.05) is 38.1 Å². The van der Waals surface area contributed by atoms with E-state index in [1.54, 1.807) is 24.3 Å². The lowest BCUT2D eigenvalue weighted by Crippen LogP contribution is -2.34. The molecule has 170 valence electrons. The number of hydrogen-bond donors (Lipinski definition) is 4. The summed E-state index contributed by atoms with van der Waals surface area (Å²) in [5.41, 5.74) is 2.07. The van der Waals surface area contributed by atoms with E-state index >= 15 is 0 Å². The van der Waals surface area contributed by atoms with Gasteiger partial charge in [-0.05, 0) is 69.0 Å². The summed E-state index contributed by atoms with van der Waals surface area (Å²) in [7, 11) is 0. The quantitative estimate of drug-likeness (QED) is 0.457. The molecular weight excluding hydrogens is 408 g/mol. The van der Waals surface area contributed by atoms with Crippen molar-refractivity contribution in [3.63, 3.8) is 0 Å². The molecule has 8 heteroatoms. The fourth-order valence-electron chi connectivity index (χ4n) is 2.99. The van der Waals surface area contributed by atoms with Crippen molar-refractivity contribution in [1.82, 2.24) is 16.0 Å². The van der Waals surface area contributed by atoms with E-state index in [-0.39, 0.29) is 30.5 Å². The lowest BCUT2D eigenvalue weighted by Gasteiger charge is -2.11. The number of nitrogens with one attached hydrogen (secondary N) is 4. The van der Waals surface area contributed by atoms with E-state index in [0.29, 0.717) is 36.0 Å². The molecule has 0 aromatic heterocycles. The number of carbonyl (C=O) groups excluding carboxylic acids is 3. The number of ether oxygens (including phenoxy) is 1. The highest BCUT2D eigenvalue weighted by Gasteiger charge is 2.23. The first kappa shape index (κ1) is 23.1. The molecule has 0 radical (unpaired) electrons. The number of rotatable bonds is 10. The topological polar surface area (TPSA) is 109 Å². The summed E-state index contributed by atoms with van der Waals surface area (Å²) in [5, 5.41) is 11.2. The van der Waals surface area contributed by atoms with Gasteiger partial charge in [-0.1, -0.05) is 18.2 Å². The van der Waals surface area contributed by atoms with Crippen LogP contribution in [0.4, 0.5) is 10.5 Å². The molecule has 3 rings (SSSR count). The zero-order chi connectivity index (χ0) is 22.9. The molecule has 0 unspecified atom stereocenters. The molecule has 1 saturated carbocycles. The minimum absolute atomic E-state index is 0.0129. The Labute approximate surface area is 188 Å². The molecule has 0 spiro atoms. The van der Waals surface area contributed by atoms with Crippen molar-refractivity contribution in [3.8, 4) is 5.75 Å². The lowest BCUT2D eigenvalue weighted by molar-refractivity contribution is -0.123. The number of amides is 4. The smallest absolute Gasteiger partial charge is 0.319 e. The summed E-state index contributed by atoms with van der Waals surface area (Å²) in [6.45, 7) is 4.23. The van der Waals surface area contributed by atoms with Gasteiger partial charge in [-0.3, -0.25) is 9.59 Å². The Bertz CT molecular complexity index is 939. The van der Waals surface area contributed by atoms with E-state index in [4.69, 9.17) is 4.74 Å². The van der Waals surface area contributed by atoms with Crippen molar-refractivity contribution < 1.29 is 19.1 Å². The summed E-state index contributed by atoms with van der Waals surface area (Å²) in [6, 6.07) is 14.3. The number of carbonyl (C=O) groups is 3. The molecule has 32 heavy (non-hydrogen) atoms. The Morgan fingerprint density at radius 1 is 1.06 bits per heavy atom. The van der Waals surface area contributed by atoms with Crippen LogP contribution in [0.2, 0.25) is 0 Å². The molecule has 1 aliphatic carbocycles. The summed E-state index contributed by atoms with van der Waals surface area (Å²) in [4.78, 5) is 35.9. The predicted molar refractivity (Wildman–Crippen MR) is 123 cm³/mol. The standard InChI is InChI=1S/C24H30N4O4/c1-16(2)26-24(31)28-20-5-3-4-18(14-20)23(30)25-13-12-17-6-10-21(11-7-17)32-15-22(29)27-19-8-9-19/h3-7,10-11,14,16,19H,8-9,12-13,15H2,1-2H3,(H,25,30)(H,27,29)(H2,26,28,31). The highest BCUT2D eigenvalue weighted by molar-refractivity contribution is 5.96. The summed E-state index contributed by atoms with van der Waals surface area (Å²) < 4.78 is 5.50. The minimum Gasteiger partial charge on any atom is -0.484 e. The van der Waals surface area contributed by atoms with Crippen LogP contribution in [0.1, 0.15) is 42.6 Å². The maximum atomic E-state index is 12.4. The van der Waals surface area contributed by atoms with E-state index < -0.39 is 0 Å². The van der Waals surface area contributed by atoms with Crippen molar-refractivity contribution in [2.24, 2.45) is 0 Å². The SMILES string of the molecule is CC(C)NC(=O)Nc1cccc(C(=O)NCCc2ccc(OCC(=O)NC3CC3)cc2)c1. The molecule has 2 aromatic carbocycles. The maximum Gasteiger partial charge on any atom is 0.319 e. The number of hydrogen-bond acceptors (Lipinski definition) is 4. The Morgan fingerprint density at radius 3 is 2.50 bits per heavy atom. The van der Waals surface area contributed by atoms with Gasteiger partial charge in [0.25, 0.3) is 11.8 Å². The van der Waals surface area contributed by atoms with Crippen LogP contribution in [-0.2, 0) is 11.2 Å². The first-order chi connectivity index (χ1) is 15.4. The largest absolute Gasteiger partial charge is 0.484 e. The Hall–Kier alpha value is -3.55. The normalized spacial score (nSPS) is 12.7. The fraction of sp³-hybridized carbons (Fsp3) is 0.375. The molecular formula is C24H30N4O4. The van der Waals surface area contributed by atoms with Crippen LogP contribution in [0.5, 0.6) is 5.75 Å². The minimum atomic E-state index is -0.312. The van der Waals surface area contributed by atoms with Crippen LogP contribution in [0.25, 0.3) is 0 Å². The maximum absolute atomic E-state index is 12.4. The third-order valence-electron chi connectivity index (χ3n) is 4.74. The first-order valence-corrected chi connectivity index (χ1v) is 10.9. The van der Waals surface area contributed by atoms with Crippen molar-refractivity contribution >= 4 is 23.5 Å². The van der Waals surface area contributed by atoms with Crippen molar-refractivity contribution in [3.05, 3.63) is 59.7 Å². The molecule has 0 saturated heterocycles. The second-order valence-corrected chi connectivity index (χ2v) is 8.11. The summed E-state index contributed by atoms with van der Waals surface area (Å²) in [5.74, 6) is 0.327. The van der Waals surface area contributed by atoms with Gasteiger partial charge in [0.1, 0.15) is 5.75 Å². The van der Waals surface area contributed by atoms with Crippen LogP contribution in [0.15, 0.2) is 48.5 Å². The molecule has 0 aliphatic heterocycles. The zero-order valence-electron chi connectivity index (χ0n) is 18.4. The highest BCUT2D eigenvalue weighted by atomic mass is 16.5. The Kier molecular flexibility index (Phi) is 8.08. The van der Waals surface area contributed by atoms with Crippen molar-refractivity contribution in [1.29, 1.82) is 0 Å². The van der Waals surface area contributed by atoms with Gasteiger partial charge in [0, 0.05) is 29.9 Å². The second-order valence-electron chi connectivity index (χ2n) is 8.11. The molecule has 1 aliphatic rings. The number of urea groups is 1. The van der Waals surface area contributed by atoms with Gasteiger partial charge in [0.2, 0.25) is 0 Å². The molecule has 0 heterocycles. The summed E-state index contributed by atoms with van der Waals surface area (Å²) in [6.07, 6.45) is 2.76. The van der Waals surface area contributed by atoms with Crippen LogP contribution < -0.4 is 26.0 Å². The molecule has 2 aromatic rings. The third kappa shape index (κ3) is 7.94. The van der Waals surface area contributed by atoms with E-state index in [0.717, 1.165) is 18.4 Å². The fourth-order valence-corrected chi connectivity index (χ4v) is 2.99. The molecule has 8 nitrogen and oxygen atoms in total. The monoisotopic (exact) mass is 438 g/mol. The van der Waals surface area contributed by atoms with E-state index in [9.17, 15) is 14.4 Å². The number of anilines is 1. The van der Waals surface area contributed by atoms with Crippen molar-refractivity contribution in [2.45, 2.75) is 45.2 Å². The van der Waals surface area contributed by atoms with Gasteiger partial charge in [-0.2, -0.15) is 0 Å². The van der Waals surface area contributed by atoms with Gasteiger partial charge < -0.3 is 26.0 Å².